The van der Waals surface area contributed by atoms with Gasteiger partial charge in [-0.05, 0) is 55.2 Å². The average molecular weight is 465 g/mol. The maximum absolute atomic E-state index is 14.0. The lowest BCUT2D eigenvalue weighted by atomic mass is 10.0. The second-order valence-electron chi connectivity index (χ2n) is 9.70. The number of fused-ring (bicyclic) bond motifs is 2. The monoisotopic (exact) mass is 464 g/mol. The molecular formula is C25H26F2N6O. The second kappa shape index (κ2) is 7.59. The van der Waals surface area contributed by atoms with Gasteiger partial charge in [0.25, 0.3) is 11.8 Å². The lowest BCUT2D eigenvalue weighted by Gasteiger charge is -2.36. The zero-order valence-corrected chi connectivity index (χ0v) is 18.9. The summed E-state index contributed by atoms with van der Waals surface area (Å²) in [6.45, 7) is 0.403. The molecule has 7 nitrogen and oxygen atoms in total. The van der Waals surface area contributed by atoms with Gasteiger partial charge in [0.05, 0.1) is 23.3 Å². The quantitative estimate of drug-likeness (QED) is 0.498. The normalized spacial score (nSPS) is 20.4. The zero-order chi connectivity index (χ0) is 23.6. The Morgan fingerprint density at radius 1 is 1.24 bits per heavy atom. The van der Waals surface area contributed by atoms with E-state index in [0.29, 0.717) is 17.0 Å². The van der Waals surface area contributed by atoms with Gasteiger partial charge in [0.15, 0.2) is 5.82 Å². The Morgan fingerprint density at radius 3 is 2.82 bits per heavy atom. The van der Waals surface area contributed by atoms with E-state index in [-0.39, 0.29) is 6.54 Å². The van der Waals surface area contributed by atoms with Crippen molar-refractivity contribution in [3.05, 3.63) is 48.2 Å². The summed E-state index contributed by atoms with van der Waals surface area (Å²) in [6, 6.07) is 10.5. The third-order valence-corrected chi connectivity index (χ3v) is 6.88. The second-order valence-corrected chi connectivity index (χ2v) is 9.70. The SMILES string of the molecule is Cn1c(-c2cc3cccnc3n2CC2CC2)nc2cc(C(=O)N3CC(N)CC(F)(F)C3)ccc21. The molecule has 1 aliphatic heterocycles. The smallest absolute Gasteiger partial charge is 0.266 e. The molecule has 1 amide bonds. The van der Waals surface area contributed by atoms with Crippen LogP contribution in [0.15, 0.2) is 42.6 Å². The first-order valence-electron chi connectivity index (χ1n) is 11.6. The summed E-state index contributed by atoms with van der Waals surface area (Å²) in [4.78, 5) is 23.7. The van der Waals surface area contributed by atoms with Gasteiger partial charge in [0, 0.05) is 49.7 Å². The summed E-state index contributed by atoms with van der Waals surface area (Å²) in [7, 11) is 1.95. The van der Waals surface area contributed by atoms with Gasteiger partial charge in [-0.25, -0.2) is 18.7 Å². The van der Waals surface area contributed by atoms with Crippen LogP contribution in [0.5, 0.6) is 0 Å². The Bertz CT molecular complexity index is 1420. The first-order chi connectivity index (χ1) is 16.3. The Hall–Kier alpha value is -3.33. The predicted molar refractivity (Wildman–Crippen MR) is 126 cm³/mol. The molecule has 4 aromatic rings. The number of likely N-dealkylation sites (tertiary alicyclic amines) is 1. The van der Waals surface area contributed by atoms with Crippen LogP contribution >= 0.6 is 0 Å². The minimum atomic E-state index is -2.97. The number of amides is 1. The third kappa shape index (κ3) is 3.64. The third-order valence-electron chi connectivity index (χ3n) is 6.88. The molecule has 0 bridgehead atoms. The maximum atomic E-state index is 14.0. The van der Waals surface area contributed by atoms with Crippen LogP contribution in [0.1, 0.15) is 29.6 Å². The summed E-state index contributed by atoms with van der Waals surface area (Å²) >= 11 is 0. The molecule has 0 spiro atoms. The first kappa shape index (κ1) is 21.2. The van der Waals surface area contributed by atoms with Crippen LogP contribution in [0.25, 0.3) is 33.6 Å². The molecule has 1 atom stereocenters. The van der Waals surface area contributed by atoms with Crippen LogP contribution in [0.3, 0.4) is 0 Å². The van der Waals surface area contributed by atoms with E-state index in [1.807, 2.05) is 29.8 Å². The Labute approximate surface area is 195 Å². The molecule has 6 rings (SSSR count). The van der Waals surface area contributed by atoms with Crippen LogP contribution < -0.4 is 5.73 Å². The van der Waals surface area contributed by atoms with Crippen molar-refractivity contribution in [3.8, 4) is 11.5 Å². The van der Waals surface area contributed by atoms with E-state index >= 15 is 0 Å². The summed E-state index contributed by atoms with van der Waals surface area (Å²) in [5, 5.41) is 1.06. The van der Waals surface area contributed by atoms with Gasteiger partial charge in [-0.1, -0.05) is 0 Å². The molecule has 1 saturated heterocycles. The average Bonchev–Trinajstić information content (AvgIpc) is 3.46. The van der Waals surface area contributed by atoms with Crippen molar-refractivity contribution in [2.45, 2.75) is 37.8 Å². The molecule has 3 aromatic heterocycles. The van der Waals surface area contributed by atoms with Crippen molar-refractivity contribution in [1.82, 2.24) is 24.0 Å². The number of aryl methyl sites for hydroxylation is 1. The molecule has 1 saturated carbocycles. The van der Waals surface area contributed by atoms with Crippen LogP contribution in [0.4, 0.5) is 8.78 Å². The molecule has 1 aromatic carbocycles. The van der Waals surface area contributed by atoms with Crippen molar-refractivity contribution in [3.63, 3.8) is 0 Å². The number of alkyl halides is 2. The highest BCUT2D eigenvalue weighted by Crippen LogP contribution is 2.36. The van der Waals surface area contributed by atoms with Gasteiger partial charge < -0.3 is 19.8 Å². The van der Waals surface area contributed by atoms with E-state index in [0.717, 1.165) is 39.5 Å². The zero-order valence-electron chi connectivity index (χ0n) is 18.9. The minimum absolute atomic E-state index is 0.119. The lowest BCUT2D eigenvalue weighted by molar-refractivity contribution is -0.0621. The molecule has 2 fully saturated rings. The number of hydrogen-bond donors (Lipinski definition) is 1. The number of benzene rings is 1. The fourth-order valence-electron chi connectivity index (χ4n) is 5.05. The van der Waals surface area contributed by atoms with Crippen molar-refractivity contribution < 1.29 is 13.6 Å². The van der Waals surface area contributed by atoms with Gasteiger partial charge in [0.1, 0.15) is 5.65 Å². The standard InChI is InChI=1S/C25H26F2N6O/c1-31-20-7-6-17(24(34)32-13-18(28)11-25(26,27)14-32)9-19(20)30-23(31)21-10-16-3-2-8-29-22(16)33(21)12-15-4-5-15/h2-3,6-10,15,18H,4-5,11-14,28H2,1H3. The molecule has 2 aliphatic rings. The number of hydrogen-bond acceptors (Lipinski definition) is 4. The van der Waals surface area contributed by atoms with E-state index in [1.54, 1.807) is 18.3 Å². The lowest BCUT2D eigenvalue weighted by Crippen LogP contribution is -2.54. The summed E-state index contributed by atoms with van der Waals surface area (Å²) in [5.41, 5.74) is 9.55. The highest BCUT2D eigenvalue weighted by molar-refractivity contribution is 5.98. The Balaban J connectivity index is 1.40. The molecule has 4 heterocycles. The van der Waals surface area contributed by atoms with E-state index < -0.39 is 30.8 Å². The van der Waals surface area contributed by atoms with E-state index in [9.17, 15) is 13.6 Å². The fourth-order valence-corrected chi connectivity index (χ4v) is 5.05. The van der Waals surface area contributed by atoms with Crippen LogP contribution in [-0.4, -0.2) is 55.0 Å². The highest BCUT2D eigenvalue weighted by Gasteiger charge is 2.41. The summed E-state index contributed by atoms with van der Waals surface area (Å²) in [5.74, 6) is -1.98. The largest absolute Gasteiger partial charge is 0.331 e. The fraction of sp³-hybridized carbons (Fsp3) is 0.400. The highest BCUT2D eigenvalue weighted by atomic mass is 19.3. The molecular weight excluding hydrogens is 438 g/mol. The van der Waals surface area contributed by atoms with Gasteiger partial charge in [-0.15, -0.1) is 0 Å². The van der Waals surface area contributed by atoms with Gasteiger partial charge in [-0.2, -0.15) is 0 Å². The van der Waals surface area contributed by atoms with Crippen molar-refractivity contribution >= 4 is 28.0 Å². The maximum Gasteiger partial charge on any atom is 0.266 e. The number of piperidine rings is 1. The number of pyridine rings is 1. The van der Waals surface area contributed by atoms with Crippen LogP contribution in [0.2, 0.25) is 0 Å². The number of aromatic nitrogens is 4. The molecule has 1 unspecified atom stereocenters. The molecule has 1 aliphatic carbocycles. The van der Waals surface area contributed by atoms with Gasteiger partial charge >= 0.3 is 0 Å². The van der Waals surface area contributed by atoms with E-state index in [4.69, 9.17) is 10.7 Å². The van der Waals surface area contributed by atoms with Crippen molar-refractivity contribution in [2.75, 3.05) is 13.1 Å². The summed E-state index contributed by atoms with van der Waals surface area (Å²) in [6.07, 6.45) is 3.85. The number of carbonyl (C=O) groups excluding carboxylic acids is 1. The van der Waals surface area contributed by atoms with Gasteiger partial charge in [0.2, 0.25) is 0 Å². The minimum Gasteiger partial charge on any atom is -0.331 e. The van der Waals surface area contributed by atoms with Crippen molar-refractivity contribution in [2.24, 2.45) is 18.7 Å². The van der Waals surface area contributed by atoms with Crippen LogP contribution in [0, 0.1) is 5.92 Å². The Kier molecular flexibility index (Phi) is 4.74. The molecule has 9 heteroatoms. The topological polar surface area (TPSA) is 82.0 Å². The van der Waals surface area contributed by atoms with E-state index in [1.165, 1.54) is 12.8 Å². The molecule has 2 N–H and O–H groups in total. The summed E-state index contributed by atoms with van der Waals surface area (Å²) < 4.78 is 32.2. The van der Waals surface area contributed by atoms with E-state index in [2.05, 4.69) is 15.6 Å². The first-order valence-corrected chi connectivity index (χ1v) is 11.6. The number of nitrogens with two attached hydrogens (primary N) is 1. The van der Waals surface area contributed by atoms with Crippen molar-refractivity contribution in [1.29, 1.82) is 0 Å². The predicted octanol–water partition coefficient (Wildman–Crippen LogP) is 3.81. The number of imidazole rings is 1. The number of rotatable bonds is 4. The molecule has 0 radical (unpaired) electrons. The Morgan fingerprint density at radius 2 is 2.06 bits per heavy atom. The molecule has 34 heavy (non-hydrogen) atoms. The van der Waals surface area contributed by atoms with Gasteiger partial charge in [-0.3, -0.25) is 4.79 Å². The number of nitrogens with zero attached hydrogens (tertiary/aromatic N) is 5. The molecule has 176 valence electrons. The number of carbonyl (C=O) groups is 1. The van der Waals surface area contributed by atoms with Crippen LogP contribution in [-0.2, 0) is 13.6 Å². The number of halogens is 2.